The van der Waals surface area contributed by atoms with Gasteiger partial charge in [0.25, 0.3) is 0 Å². The third kappa shape index (κ3) is 2.88. The molecule has 2 nitrogen and oxygen atoms in total. The van der Waals surface area contributed by atoms with Crippen LogP contribution in [0.25, 0.3) is 0 Å². The van der Waals surface area contributed by atoms with E-state index in [2.05, 4.69) is 48.0 Å². The van der Waals surface area contributed by atoms with Crippen molar-refractivity contribution in [1.29, 1.82) is 0 Å². The van der Waals surface area contributed by atoms with Crippen molar-refractivity contribution in [1.82, 2.24) is 4.98 Å². The van der Waals surface area contributed by atoms with E-state index in [1.165, 1.54) is 24.2 Å². The first-order valence-corrected chi connectivity index (χ1v) is 6.47. The van der Waals surface area contributed by atoms with E-state index >= 15 is 0 Å². The summed E-state index contributed by atoms with van der Waals surface area (Å²) in [6.45, 7) is 5.42. The fraction of sp³-hybridized carbons (Fsp3) is 0.583. The Labute approximate surface area is 95.9 Å². The van der Waals surface area contributed by atoms with Crippen LogP contribution in [-0.2, 0) is 0 Å². The zero-order valence-corrected chi connectivity index (χ0v) is 10.2. The number of nitrogens with zero attached hydrogens (tertiary/aromatic N) is 1. The summed E-state index contributed by atoms with van der Waals surface area (Å²) in [7, 11) is 0. The van der Waals surface area contributed by atoms with E-state index in [1.54, 1.807) is 0 Å². The van der Waals surface area contributed by atoms with Gasteiger partial charge in [-0.05, 0) is 44.1 Å². The molecule has 2 rings (SSSR count). The van der Waals surface area contributed by atoms with E-state index in [-0.39, 0.29) is 0 Å². The Bertz CT molecular complexity index is 315. The fourth-order valence-corrected chi connectivity index (χ4v) is 3.07. The summed E-state index contributed by atoms with van der Waals surface area (Å²) < 4.78 is 0.409. The minimum absolute atomic E-state index is 0.409. The number of aryl methyl sites for hydroxylation is 1. The molecular formula is C12H18N2S. The van der Waals surface area contributed by atoms with Gasteiger partial charge in [-0.25, -0.2) is 4.98 Å². The summed E-state index contributed by atoms with van der Waals surface area (Å²) in [5.74, 6) is 2.30. The lowest BCUT2D eigenvalue weighted by atomic mass is 10.1. The molecule has 15 heavy (non-hydrogen) atoms. The second kappa shape index (κ2) is 4.44. The summed E-state index contributed by atoms with van der Waals surface area (Å²) in [6, 6.07) is 4.15. The molecule has 1 fully saturated rings. The van der Waals surface area contributed by atoms with E-state index in [1.807, 2.05) is 6.20 Å². The first-order valence-electron chi connectivity index (χ1n) is 5.48. The van der Waals surface area contributed by atoms with Crippen LogP contribution in [0.5, 0.6) is 0 Å². The number of hydrogen-bond donors (Lipinski definition) is 1. The highest BCUT2D eigenvalue weighted by atomic mass is 32.2. The molecule has 1 atom stereocenters. The van der Waals surface area contributed by atoms with Gasteiger partial charge in [0.2, 0.25) is 0 Å². The zero-order chi connectivity index (χ0) is 10.7. The topological polar surface area (TPSA) is 24.9 Å². The largest absolute Gasteiger partial charge is 0.369 e. The van der Waals surface area contributed by atoms with Crippen LogP contribution in [0, 0.1) is 6.92 Å². The number of aromatic nitrogens is 1. The summed E-state index contributed by atoms with van der Waals surface area (Å²) in [4.78, 5) is 4.35. The molecular weight excluding hydrogens is 204 g/mol. The van der Waals surface area contributed by atoms with E-state index in [0.29, 0.717) is 4.75 Å². The Hall–Kier alpha value is -0.700. The Morgan fingerprint density at radius 2 is 2.40 bits per heavy atom. The van der Waals surface area contributed by atoms with Crippen LogP contribution in [0.15, 0.2) is 18.3 Å². The third-order valence-electron chi connectivity index (χ3n) is 2.86. The Balaban J connectivity index is 1.90. The third-order valence-corrected chi connectivity index (χ3v) is 4.39. The van der Waals surface area contributed by atoms with Crippen molar-refractivity contribution in [3.63, 3.8) is 0 Å². The highest BCUT2D eigenvalue weighted by molar-refractivity contribution is 8.00. The average molecular weight is 222 g/mol. The van der Waals surface area contributed by atoms with Crippen molar-refractivity contribution in [3.8, 4) is 0 Å². The molecule has 0 radical (unpaired) electrons. The molecule has 0 spiro atoms. The molecule has 3 heteroatoms. The van der Waals surface area contributed by atoms with Gasteiger partial charge in [-0.15, -0.1) is 0 Å². The second-order valence-electron chi connectivity index (χ2n) is 4.48. The molecule has 1 unspecified atom stereocenters. The Morgan fingerprint density at radius 3 is 3.00 bits per heavy atom. The molecule has 0 bridgehead atoms. The number of rotatable bonds is 3. The highest BCUT2D eigenvalue weighted by Gasteiger charge is 2.28. The first kappa shape index (κ1) is 10.8. The summed E-state index contributed by atoms with van der Waals surface area (Å²) in [5.41, 5.74) is 1.21. The molecule has 1 aliphatic heterocycles. The monoisotopic (exact) mass is 222 g/mol. The van der Waals surface area contributed by atoms with E-state index in [4.69, 9.17) is 0 Å². The lowest BCUT2D eigenvalue weighted by Crippen LogP contribution is -2.27. The van der Waals surface area contributed by atoms with Crippen LogP contribution in [-0.4, -0.2) is 22.0 Å². The van der Waals surface area contributed by atoms with Gasteiger partial charge in [0, 0.05) is 17.5 Å². The maximum Gasteiger partial charge on any atom is 0.125 e. The number of hydrogen-bond acceptors (Lipinski definition) is 3. The average Bonchev–Trinajstić information content (AvgIpc) is 2.65. The summed E-state index contributed by atoms with van der Waals surface area (Å²) in [6.07, 6.45) is 4.58. The summed E-state index contributed by atoms with van der Waals surface area (Å²) >= 11 is 2.08. The Kier molecular flexibility index (Phi) is 3.19. The van der Waals surface area contributed by atoms with Gasteiger partial charge in [0.05, 0.1) is 0 Å². The molecule has 1 aromatic heterocycles. The molecule has 2 heterocycles. The predicted octanol–water partition coefficient (Wildman–Crippen LogP) is 3.09. The molecule has 1 aromatic rings. The number of nitrogens with one attached hydrogen (secondary N) is 1. The maximum absolute atomic E-state index is 4.35. The van der Waals surface area contributed by atoms with Gasteiger partial charge >= 0.3 is 0 Å². The molecule has 1 N–H and O–H groups in total. The minimum Gasteiger partial charge on any atom is -0.369 e. The van der Waals surface area contributed by atoms with Crippen molar-refractivity contribution >= 4 is 17.6 Å². The lowest BCUT2D eigenvalue weighted by molar-refractivity contribution is 0.634. The second-order valence-corrected chi connectivity index (χ2v) is 6.16. The van der Waals surface area contributed by atoms with E-state index in [9.17, 15) is 0 Å². The Morgan fingerprint density at radius 1 is 1.53 bits per heavy atom. The number of pyridine rings is 1. The van der Waals surface area contributed by atoms with Crippen molar-refractivity contribution in [2.75, 3.05) is 17.6 Å². The first-order chi connectivity index (χ1) is 7.18. The SMILES string of the molecule is Cc1ccc(NCC2(C)CCCS2)nc1. The normalized spacial score (nSPS) is 25.5. The smallest absolute Gasteiger partial charge is 0.125 e. The van der Waals surface area contributed by atoms with Crippen LogP contribution >= 0.6 is 11.8 Å². The van der Waals surface area contributed by atoms with Crippen molar-refractivity contribution in [2.45, 2.75) is 31.4 Å². The van der Waals surface area contributed by atoms with Crippen molar-refractivity contribution in [3.05, 3.63) is 23.9 Å². The number of anilines is 1. The van der Waals surface area contributed by atoms with Gasteiger partial charge in [-0.3, -0.25) is 0 Å². The van der Waals surface area contributed by atoms with Crippen LogP contribution in [0.4, 0.5) is 5.82 Å². The van der Waals surface area contributed by atoms with Crippen LogP contribution < -0.4 is 5.32 Å². The van der Waals surface area contributed by atoms with Gasteiger partial charge in [0.15, 0.2) is 0 Å². The quantitative estimate of drug-likeness (QED) is 0.850. The zero-order valence-electron chi connectivity index (χ0n) is 9.42. The molecule has 82 valence electrons. The predicted molar refractivity (Wildman–Crippen MR) is 67.6 cm³/mol. The lowest BCUT2D eigenvalue weighted by Gasteiger charge is -2.23. The van der Waals surface area contributed by atoms with Gasteiger partial charge < -0.3 is 5.32 Å². The number of thioether (sulfide) groups is 1. The molecule has 1 aliphatic rings. The fourth-order valence-electron chi connectivity index (χ4n) is 1.83. The van der Waals surface area contributed by atoms with Gasteiger partial charge in [-0.1, -0.05) is 6.07 Å². The van der Waals surface area contributed by atoms with E-state index < -0.39 is 0 Å². The van der Waals surface area contributed by atoms with E-state index in [0.717, 1.165) is 12.4 Å². The molecule has 0 amide bonds. The minimum atomic E-state index is 0.409. The standard InChI is InChI=1S/C12H18N2S/c1-10-4-5-11(13-8-10)14-9-12(2)6-3-7-15-12/h4-5,8H,3,6-7,9H2,1-2H3,(H,13,14). The molecule has 1 saturated heterocycles. The van der Waals surface area contributed by atoms with Gasteiger partial charge in [0.1, 0.15) is 5.82 Å². The molecule has 0 aliphatic carbocycles. The van der Waals surface area contributed by atoms with Crippen LogP contribution in [0.2, 0.25) is 0 Å². The maximum atomic E-state index is 4.35. The van der Waals surface area contributed by atoms with Gasteiger partial charge in [-0.2, -0.15) is 11.8 Å². The van der Waals surface area contributed by atoms with Crippen LogP contribution in [0.3, 0.4) is 0 Å². The summed E-state index contributed by atoms with van der Waals surface area (Å²) in [5, 5.41) is 3.42. The van der Waals surface area contributed by atoms with Crippen LogP contribution in [0.1, 0.15) is 25.3 Å². The van der Waals surface area contributed by atoms with Crippen molar-refractivity contribution in [2.24, 2.45) is 0 Å². The molecule has 0 aromatic carbocycles. The molecule has 0 saturated carbocycles. The highest BCUT2D eigenvalue weighted by Crippen LogP contribution is 2.37. The van der Waals surface area contributed by atoms with Crippen molar-refractivity contribution < 1.29 is 0 Å².